The van der Waals surface area contributed by atoms with E-state index in [2.05, 4.69) is 10.5 Å². The third-order valence-electron chi connectivity index (χ3n) is 2.74. The molecule has 0 bridgehead atoms. The summed E-state index contributed by atoms with van der Waals surface area (Å²) in [6.07, 6.45) is 1.86. The zero-order chi connectivity index (χ0) is 15.1. The number of hydrogen-bond donors (Lipinski definition) is 1. The Morgan fingerprint density at radius 2 is 2.14 bits per heavy atom. The molecule has 0 fully saturated rings. The van der Waals surface area contributed by atoms with E-state index in [-0.39, 0.29) is 5.91 Å². The lowest BCUT2D eigenvalue weighted by Gasteiger charge is -2.09. The predicted octanol–water partition coefficient (Wildman–Crippen LogP) is 2.46. The van der Waals surface area contributed by atoms with Gasteiger partial charge in [-0.1, -0.05) is 12.1 Å². The van der Waals surface area contributed by atoms with Crippen LogP contribution in [0.3, 0.4) is 0 Å². The summed E-state index contributed by atoms with van der Waals surface area (Å²) in [4.78, 5) is 12.7. The summed E-state index contributed by atoms with van der Waals surface area (Å²) in [5, 5.41) is 5.89. The fourth-order valence-corrected chi connectivity index (χ4v) is 2.50. The maximum atomic E-state index is 11.7. The molecule has 0 atom stereocenters. The van der Waals surface area contributed by atoms with Gasteiger partial charge in [0.15, 0.2) is 11.5 Å². The average molecular weight is 304 g/mol. The van der Waals surface area contributed by atoms with Gasteiger partial charge in [-0.3, -0.25) is 4.79 Å². The van der Waals surface area contributed by atoms with Crippen LogP contribution in [0.2, 0.25) is 0 Å². The average Bonchev–Trinajstić information content (AvgIpc) is 2.99. The van der Waals surface area contributed by atoms with Crippen LogP contribution in [0.15, 0.2) is 40.8 Å². The summed E-state index contributed by atoms with van der Waals surface area (Å²) in [5.74, 6) is 1.04. The van der Waals surface area contributed by atoms with Gasteiger partial charge in [-0.05, 0) is 23.6 Å². The van der Waals surface area contributed by atoms with E-state index in [0.29, 0.717) is 17.9 Å². The second-order valence-electron chi connectivity index (χ2n) is 4.13. The molecule has 0 aliphatic rings. The maximum absolute atomic E-state index is 11.7. The van der Waals surface area contributed by atoms with Crippen molar-refractivity contribution in [1.82, 2.24) is 5.43 Å². The molecule has 0 aliphatic heterocycles. The number of amides is 1. The Morgan fingerprint density at radius 1 is 1.29 bits per heavy atom. The third-order valence-corrected chi connectivity index (χ3v) is 3.62. The number of hydrazone groups is 1. The quantitative estimate of drug-likeness (QED) is 0.659. The summed E-state index contributed by atoms with van der Waals surface area (Å²) >= 11 is 1.54. The molecule has 1 heterocycles. The predicted molar refractivity (Wildman–Crippen MR) is 83.3 cm³/mol. The number of hydrogen-bond acceptors (Lipinski definition) is 5. The molecule has 0 unspecified atom stereocenters. The van der Waals surface area contributed by atoms with Crippen LogP contribution in [0.4, 0.5) is 0 Å². The largest absolute Gasteiger partial charge is 0.493 e. The lowest BCUT2D eigenvalue weighted by atomic mass is 10.2. The Morgan fingerprint density at radius 3 is 2.81 bits per heavy atom. The molecule has 0 spiro atoms. The van der Waals surface area contributed by atoms with Gasteiger partial charge in [-0.25, -0.2) is 5.43 Å². The molecule has 2 aromatic rings. The molecular formula is C15H16N2O3S. The minimum atomic E-state index is -0.157. The van der Waals surface area contributed by atoms with Crippen molar-refractivity contribution in [2.45, 2.75) is 6.42 Å². The summed E-state index contributed by atoms with van der Waals surface area (Å²) in [6, 6.07) is 9.29. The van der Waals surface area contributed by atoms with E-state index < -0.39 is 0 Å². The number of para-hydroxylation sites is 1. The van der Waals surface area contributed by atoms with Crippen molar-refractivity contribution >= 4 is 23.5 Å². The molecule has 110 valence electrons. The Balaban J connectivity index is 1.99. The molecule has 0 saturated carbocycles. The Labute approximate surface area is 127 Å². The van der Waals surface area contributed by atoms with Gasteiger partial charge in [0.25, 0.3) is 0 Å². The molecule has 0 saturated heterocycles. The Kier molecular flexibility index (Phi) is 5.34. The van der Waals surface area contributed by atoms with E-state index in [1.807, 2.05) is 29.6 Å². The second kappa shape index (κ2) is 7.44. The molecule has 6 heteroatoms. The number of methoxy groups -OCH3 is 2. The normalized spacial score (nSPS) is 10.6. The monoisotopic (exact) mass is 304 g/mol. The maximum Gasteiger partial charge on any atom is 0.245 e. The van der Waals surface area contributed by atoms with E-state index in [0.717, 1.165) is 10.4 Å². The van der Waals surface area contributed by atoms with Gasteiger partial charge in [0.05, 0.1) is 26.9 Å². The topological polar surface area (TPSA) is 59.9 Å². The van der Waals surface area contributed by atoms with Crippen LogP contribution in [0.25, 0.3) is 0 Å². The van der Waals surface area contributed by atoms with Crippen LogP contribution >= 0.6 is 11.3 Å². The standard InChI is InChI=1S/C15H16N2O3S/c1-19-13-7-3-5-11(15(13)20-2)10-16-17-14(18)9-12-6-4-8-21-12/h3-8,10H,9H2,1-2H3,(H,17,18)/b16-10+. The zero-order valence-corrected chi connectivity index (χ0v) is 12.6. The van der Waals surface area contributed by atoms with E-state index >= 15 is 0 Å². The molecule has 21 heavy (non-hydrogen) atoms. The molecule has 1 N–H and O–H groups in total. The first kappa shape index (κ1) is 15.1. The van der Waals surface area contributed by atoms with E-state index in [9.17, 15) is 4.79 Å². The summed E-state index contributed by atoms with van der Waals surface area (Å²) in [5.41, 5.74) is 3.23. The smallest absolute Gasteiger partial charge is 0.245 e. The van der Waals surface area contributed by atoms with Gasteiger partial charge in [0.2, 0.25) is 5.91 Å². The molecule has 0 aliphatic carbocycles. The first-order valence-corrected chi connectivity index (χ1v) is 7.18. The van der Waals surface area contributed by atoms with Crippen LogP contribution in [0, 0.1) is 0 Å². The van der Waals surface area contributed by atoms with Crippen LogP contribution < -0.4 is 14.9 Å². The molecular weight excluding hydrogens is 288 g/mol. The summed E-state index contributed by atoms with van der Waals surface area (Å²) < 4.78 is 10.5. The van der Waals surface area contributed by atoms with Gasteiger partial charge in [-0.2, -0.15) is 5.10 Å². The minimum absolute atomic E-state index is 0.157. The summed E-state index contributed by atoms with van der Waals surface area (Å²) in [7, 11) is 3.13. The van der Waals surface area contributed by atoms with E-state index in [1.54, 1.807) is 31.6 Å². The van der Waals surface area contributed by atoms with Crippen LogP contribution in [0.1, 0.15) is 10.4 Å². The molecule has 2 rings (SSSR count). The number of ether oxygens (including phenoxy) is 2. The van der Waals surface area contributed by atoms with Gasteiger partial charge < -0.3 is 9.47 Å². The van der Waals surface area contributed by atoms with Crippen molar-refractivity contribution in [3.63, 3.8) is 0 Å². The van der Waals surface area contributed by atoms with Gasteiger partial charge in [-0.15, -0.1) is 11.3 Å². The van der Waals surface area contributed by atoms with Crippen molar-refractivity contribution in [3.05, 3.63) is 46.2 Å². The summed E-state index contributed by atoms with van der Waals surface area (Å²) in [6.45, 7) is 0. The number of carbonyl (C=O) groups excluding carboxylic acids is 1. The fraction of sp³-hybridized carbons (Fsp3) is 0.200. The highest BCUT2D eigenvalue weighted by atomic mass is 32.1. The first-order valence-electron chi connectivity index (χ1n) is 6.30. The van der Waals surface area contributed by atoms with Crippen molar-refractivity contribution in [2.75, 3.05) is 14.2 Å². The Hall–Kier alpha value is -2.34. The molecule has 5 nitrogen and oxygen atoms in total. The van der Waals surface area contributed by atoms with Gasteiger partial charge in [0, 0.05) is 10.4 Å². The lowest BCUT2D eigenvalue weighted by molar-refractivity contribution is -0.120. The highest BCUT2D eigenvalue weighted by molar-refractivity contribution is 7.10. The molecule has 1 amide bonds. The molecule has 1 aromatic heterocycles. The van der Waals surface area contributed by atoms with Crippen molar-refractivity contribution in [1.29, 1.82) is 0 Å². The van der Waals surface area contributed by atoms with E-state index in [4.69, 9.17) is 9.47 Å². The van der Waals surface area contributed by atoms with Crippen LogP contribution in [-0.4, -0.2) is 26.3 Å². The van der Waals surface area contributed by atoms with Gasteiger partial charge >= 0.3 is 0 Å². The second-order valence-corrected chi connectivity index (χ2v) is 5.16. The number of rotatable bonds is 6. The van der Waals surface area contributed by atoms with Crippen molar-refractivity contribution < 1.29 is 14.3 Å². The lowest BCUT2D eigenvalue weighted by Crippen LogP contribution is -2.19. The van der Waals surface area contributed by atoms with Crippen LogP contribution in [-0.2, 0) is 11.2 Å². The fourth-order valence-electron chi connectivity index (χ4n) is 1.80. The third kappa shape index (κ3) is 4.06. The number of nitrogens with one attached hydrogen (secondary N) is 1. The Bertz CT molecular complexity index is 624. The van der Waals surface area contributed by atoms with Crippen molar-refractivity contribution in [2.24, 2.45) is 5.10 Å². The highest BCUT2D eigenvalue weighted by Crippen LogP contribution is 2.29. The number of benzene rings is 1. The minimum Gasteiger partial charge on any atom is -0.493 e. The number of nitrogens with zero attached hydrogens (tertiary/aromatic N) is 1. The van der Waals surface area contributed by atoms with Crippen LogP contribution in [0.5, 0.6) is 11.5 Å². The highest BCUT2D eigenvalue weighted by Gasteiger charge is 2.07. The van der Waals surface area contributed by atoms with E-state index in [1.165, 1.54) is 6.21 Å². The van der Waals surface area contributed by atoms with Gasteiger partial charge in [0.1, 0.15) is 0 Å². The molecule has 1 aromatic carbocycles. The number of thiophene rings is 1. The first-order chi connectivity index (χ1) is 10.2. The number of carbonyl (C=O) groups is 1. The SMILES string of the molecule is COc1cccc(/C=N/NC(=O)Cc2cccs2)c1OC. The zero-order valence-electron chi connectivity index (χ0n) is 11.8. The molecule has 0 radical (unpaired) electrons. The van der Waals surface area contributed by atoms with Crippen molar-refractivity contribution in [3.8, 4) is 11.5 Å².